The van der Waals surface area contributed by atoms with E-state index in [0.29, 0.717) is 17.9 Å². The molecule has 3 aromatic rings. The van der Waals surface area contributed by atoms with Gasteiger partial charge in [-0.05, 0) is 47.2 Å². The van der Waals surface area contributed by atoms with E-state index in [9.17, 15) is 14.4 Å². The molecule has 7 nitrogen and oxygen atoms in total. The molecule has 4 rings (SSSR count). The fraction of sp³-hybridized carbons (Fsp3) is 0.235. The maximum atomic E-state index is 15.1. The van der Waals surface area contributed by atoms with Crippen LogP contribution in [0.2, 0.25) is 0 Å². The Labute approximate surface area is 249 Å². The Bertz CT molecular complexity index is 1500. The van der Waals surface area contributed by atoms with E-state index in [1.54, 1.807) is 62.4 Å². The standard InChI is InChI=1S/C34H33F2N2O5/c1-4-26-19-28(25-15-17-27(18-16-25)42-20-23-11-7-5-8-12-23)30(31(39)34(26,35)36)37-32(40)29(22(2)3)38-33(41)43-21-24-13-9-6-10-14-24/h4-19,22,29H,20-21H2,1-3H3,(H,37,40)(H,38,41)/t29-/m0/s1. The Kier molecular flexibility index (Phi) is 10.1. The molecule has 0 heterocycles. The lowest BCUT2D eigenvalue weighted by atomic mass is 9.87. The van der Waals surface area contributed by atoms with Crippen molar-refractivity contribution >= 4 is 23.4 Å². The van der Waals surface area contributed by atoms with Crippen LogP contribution in [0.3, 0.4) is 0 Å². The molecule has 1 atom stereocenters. The van der Waals surface area contributed by atoms with Crippen molar-refractivity contribution in [3.8, 4) is 5.75 Å². The predicted molar refractivity (Wildman–Crippen MR) is 159 cm³/mol. The van der Waals surface area contributed by atoms with Gasteiger partial charge in [-0.1, -0.05) is 93.6 Å². The SMILES string of the molecule is C[CH]C1=CC(c2ccc(OCc3ccccc3)cc2)=C(NC(=O)[C@@H](NC(=O)OCc2ccccc2)C(C)C)C(=O)C1(F)F. The summed E-state index contributed by atoms with van der Waals surface area (Å²) in [5, 5.41) is 4.88. The van der Waals surface area contributed by atoms with Crippen LogP contribution in [0, 0.1) is 12.3 Å². The second-order valence-electron chi connectivity index (χ2n) is 10.3. The van der Waals surface area contributed by atoms with Gasteiger partial charge in [-0.15, -0.1) is 0 Å². The van der Waals surface area contributed by atoms with Crippen LogP contribution in [0.4, 0.5) is 13.6 Å². The van der Waals surface area contributed by atoms with Crippen LogP contribution in [0.25, 0.3) is 5.57 Å². The van der Waals surface area contributed by atoms with E-state index in [0.717, 1.165) is 17.5 Å². The Balaban J connectivity index is 1.56. The van der Waals surface area contributed by atoms with Crippen molar-refractivity contribution in [2.24, 2.45) is 5.92 Å². The monoisotopic (exact) mass is 587 g/mol. The number of hydrogen-bond acceptors (Lipinski definition) is 5. The maximum absolute atomic E-state index is 15.1. The normalized spacial score (nSPS) is 15.0. The van der Waals surface area contributed by atoms with Crippen LogP contribution >= 0.6 is 0 Å². The van der Waals surface area contributed by atoms with Gasteiger partial charge >= 0.3 is 12.0 Å². The van der Waals surface area contributed by atoms with Gasteiger partial charge in [0.05, 0.1) is 5.70 Å². The summed E-state index contributed by atoms with van der Waals surface area (Å²) in [7, 11) is 0. The van der Waals surface area contributed by atoms with Gasteiger partial charge in [-0.2, -0.15) is 8.78 Å². The van der Waals surface area contributed by atoms with Gasteiger partial charge in [0.2, 0.25) is 5.91 Å². The number of carbonyl (C=O) groups excluding carboxylic acids is 3. The molecule has 2 amide bonds. The quantitative estimate of drug-likeness (QED) is 0.270. The van der Waals surface area contributed by atoms with Crippen molar-refractivity contribution in [2.75, 3.05) is 0 Å². The highest BCUT2D eigenvalue weighted by atomic mass is 19.3. The smallest absolute Gasteiger partial charge is 0.408 e. The summed E-state index contributed by atoms with van der Waals surface area (Å²) < 4.78 is 41.2. The molecular weight excluding hydrogens is 554 g/mol. The molecular formula is C34H33F2N2O5. The minimum absolute atomic E-state index is 0.0226. The minimum atomic E-state index is -3.85. The molecule has 0 spiro atoms. The van der Waals surface area contributed by atoms with Crippen molar-refractivity contribution in [2.45, 2.75) is 45.9 Å². The first-order valence-electron chi connectivity index (χ1n) is 13.8. The summed E-state index contributed by atoms with van der Waals surface area (Å²) in [4.78, 5) is 39.0. The highest BCUT2D eigenvalue weighted by molar-refractivity contribution is 6.14. The number of alkyl carbamates (subject to hydrolysis) is 1. The highest BCUT2D eigenvalue weighted by Crippen LogP contribution is 2.39. The van der Waals surface area contributed by atoms with Crippen LogP contribution < -0.4 is 15.4 Å². The summed E-state index contributed by atoms with van der Waals surface area (Å²) in [6.07, 6.45) is 1.48. The van der Waals surface area contributed by atoms with Gasteiger partial charge in [0.1, 0.15) is 25.0 Å². The molecule has 1 aliphatic rings. The largest absolute Gasteiger partial charge is 0.489 e. The van der Waals surface area contributed by atoms with Crippen molar-refractivity contribution in [1.82, 2.24) is 10.6 Å². The minimum Gasteiger partial charge on any atom is -0.489 e. The number of alkyl halides is 2. The van der Waals surface area contributed by atoms with Crippen LogP contribution in [-0.2, 0) is 27.5 Å². The number of ketones is 1. The molecule has 0 saturated carbocycles. The van der Waals surface area contributed by atoms with E-state index in [1.807, 2.05) is 36.4 Å². The number of amides is 2. The van der Waals surface area contributed by atoms with Crippen LogP contribution in [0.15, 0.2) is 102 Å². The number of ether oxygens (including phenoxy) is 2. The zero-order valence-corrected chi connectivity index (χ0v) is 24.1. The molecule has 223 valence electrons. The average molecular weight is 588 g/mol. The molecule has 2 N–H and O–H groups in total. The number of halogens is 2. The van der Waals surface area contributed by atoms with E-state index >= 15 is 8.78 Å². The molecule has 9 heteroatoms. The number of hydrogen-bond donors (Lipinski definition) is 2. The maximum Gasteiger partial charge on any atom is 0.408 e. The van der Waals surface area contributed by atoms with Crippen molar-refractivity contribution in [3.63, 3.8) is 0 Å². The number of allylic oxidation sites excluding steroid dienone is 4. The zero-order chi connectivity index (χ0) is 31.0. The summed E-state index contributed by atoms with van der Waals surface area (Å²) >= 11 is 0. The van der Waals surface area contributed by atoms with Gasteiger partial charge in [-0.25, -0.2) is 4.79 Å². The van der Waals surface area contributed by atoms with Crippen molar-refractivity contribution in [1.29, 1.82) is 0 Å². The number of carbonyl (C=O) groups is 3. The van der Waals surface area contributed by atoms with Crippen LogP contribution in [0.1, 0.15) is 37.5 Å². The van der Waals surface area contributed by atoms with Crippen molar-refractivity contribution in [3.05, 3.63) is 125 Å². The lowest BCUT2D eigenvalue weighted by Gasteiger charge is -2.28. The number of benzene rings is 3. The molecule has 0 bridgehead atoms. The molecule has 1 radical (unpaired) electrons. The molecule has 0 aliphatic heterocycles. The molecule has 3 aromatic carbocycles. The van der Waals surface area contributed by atoms with Gasteiger partial charge in [-0.3, -0.25) is 9.59 Å². The molecule has 0 saturated heterocycles. The zero-order valence-electron chi connectivity index (χ0n) is 24.1. The summed E-state index contributed by atoms with van der Waals surface area (Å²) in [6.45, 7) is 5.07. The Morgan fingerprint density at radius 2 is 1.47 bits per heavy atom. The second kappa shape index (κ2) is 13.9. The number of nitrogens with one attached hydrogen (secondary N) is 2. The second-order valence-corrected chi connectivity index (χ2v) is 10.3. The Morgan fingerprint density at radius 1 is 0.884 bits per heavy atom. The molecule has 1 aliphatic carbocycles. The van der Waals surface area contributed by atoms with Crippen molar-refractivity contribution < 1.29 is 32.6 Å². The van der Waals surface area contributed by atoms with E-state index < -0.39 is 46.9 Å². The highest BCUT2D eigenvalue weighted by Gasteiger charge is 2.48. The third kappa shape index (κ3) is 7.74. The summed E-state index contributed by atoms with van der Waals surface area (Å²) in [6, 6.07) is 23.9. The predicted octanol–water partition coefficient (Wildman–Crippen LogP) is 6.41. The van der Waals surface area contributed by atoms with Gasteiger partial charge < -0.3 is 20.1 Å². The molecule has 0 aromatic heterocycles. The number of Topliss-reactive ketones (excluding diaryl/α,β-unsaturated/α-hetero) is 1. The van der Waals surface area contributed by atoms with Gasteiger partial charge in [0, 0.05) is 11.1 Å². The van der Waals surface area contributed by atoms with Gasteiger partial charge in [0.25, 0.3) is 5.78 Å². The van der Waals surface area contributed by atoms with Crippen LogP contribution in [0.5, 0.6) is 5.75 Å². The van der Waals surface area contributed by atoms with E-state index in [4.69, 9.17) is 9.47 Å². The third-order valence-corrected chi connectivity index (χ3v) is 6.85. The molecule has 0 fully saturated rings. The lowest BCUT2D eigenvalue weighted by Crippen LogP contribution is -2.51. The molecule has 43 heavy (non-hydrogen) atoms. The topological polar surface area (TPSA) is 93.7 Å². The fourth-order valence-electron chi connectivity index (χ4n) is 4.44. The molecule has 0 unspecified atom stereocenters. The van der Waals surface area contributed by atoms with Gasteiger partial charge in [0.15, 0.2) is 0 Å². The fourth-order valence-corrected chi connectivity index (χ4v) is 4.44. The van der Waals surface area contributed by atoms with E-state index in [1.165, 1.54) is 13.0 Å². The van der Waals surface area contributed by atoms with E-state index in [2.05, 4.69) is 10.6 Å². The van der Waals surface area contributed by atoms with Crippen LogP contribution in [-0.4, -0.2) is 29.7 Å². The Hall–Kier alpha value is -4.79. The Morgan fingerprint density at radius 3 is 2.02 bits per heavy atom. The number of rotatable bonds is 11. The summed E-state index contributed by atoms with van der Waals surface area (Å²) in [5.74, 6) is -6.15. The van der Waals surface area contributed by atoms with E-state index in [-0.39, 0.29) is 12.2 Å². The summed E-state index contributed by atoms with van der Waals surface area (Å²) in [5.41, 5.74) is 1.20. The third-order valence-electron chi connectivity index (χ3n) is 6.85. The average Bonchev–Trinajstić information content (AvgIpc) is 3.01. The lowest BCUT2D eigenvalue weighted by molar-refractivity contribution is -0.136. The first kappa shape index (κ1) is 31.2. The first-order valence-corrected chi connectivity index (χ1v) is 13.8. The first-order chi connectivity index (χ1) is 20.6.